The number of amides is 1. The van der Waals surface area contributed by atoms with E-state index in [2.05, 4.69) is 0 Å². The minimum absolute atomic E-state index is 0.130. The van der Waals surface area contributed by atoms with Crippen LogP contribution in [0.5, 0.6) is 0 Å². The highest BCUT2D eigenvalue weighted by molar-refractivity contribution is 6.14. The second kappa shape index (κ2) is 3.46. The highest BCUT2D eigenvalue weighted by Crippen LogP contribution is 2.54. The first-order chi connectivity index (χ1) is 9.14. The van der Waals surface area contributed by atoms with Crippen molar-refractivity contribution in [3.63, 3.8) is 0 Å². The van der Waals surface area contributed by atoms with Gasteiger partial charge in [-0.25, -0.2) is 9.59 Å². The van der Waals surface area contributed by atoms with Gasteiger partial charge in [-0.05, 0) is 25.2 Å². The molecule has 5 nitrogen and oxygen atoms in total. The summed E-state index contributed by atoms with van der Waals surface area (Å²) in [5, 5.41) is 0. The van der Waals surface area contributed by atoms with Gasteiger partial charge in [0.2, 0.25) is 5.91 Å². The molecule has 3 aliphatic heterocycles. The minimum atomic E-state index is -0.522. The van der Waals surface area contributed by atoms with E-state index in [0.717, 1.165) is 25.7 Å². The number of cyclic esters (lactones) is 2. The second-order valence-electron chi connectivity index (χ2n) is 5.90. The Bertz CT molecular complexity index is 550. The van der Waals surface area contributed by atoms with Gasteiger partial charge in [0.1, 0.15) is 0 Å². The van der Waals surface area contributed by atoms with Crippen molar-refractivity contribution in [1.29, 1.82) is 0 Å². The molecule has 3 heterocycles. The van der Waals surface area contributed by atoms with E-state index in [9.17, 15) is 14.4 Å². The van der Waals surface area contributed by atoms with Gasteiger partial charge in [0.15, 0.2) is 0 Å². The van der Waals surface area contributed by atoms with Gasteiger partial charge in [0.05, 0.1) is 16.7 Å². The van der Waals surface area contributed by atoms with Crippen LogP contribution >= 0.6 is 0 Å². The Kier molecular flexibility index (Phi) is 2.04. The lowest BCUT2D eigenvalue weighted by Gasteiger charge is -2.47. The Morgan fingerprint density at radius 3 is 2.84 bits per heavy atom. The third-order valence-corrected chi connectivity index (χ3v) is 5.20. The van der Waals surface area contributed by atoms with Crippen molar-refractivity contribution in [2.75, 3.05) is 6.54 Å². The normalized spacial score (nSPS) is 37.2. The van der Waals surface area contributed by atoms with Gasteiger partial charge in [0.25, 0.3) is 0 Å². The molecule has 100 valence electrons. The first-order valence-corrected chi connectivity index (χ1v) is 6.95. The number of carbonyl (C=O) groups excluding carboxylic acids is 3. The summed E-state index contributed by atoms with van der Waals surface area (Å²) in [7, 11) is 0. The lowest BCUT2D eigenvalue weighted by atomic mass is 9.67. The maximum Gasteiger partial charge on any atom is 0.344 e. The molecule has 0 unspecified atom stereocenters. The van der Waals surface area contributed by atoms with Crippen LogP contribution in [0.4, 0.5) is 0 Å². The molecule has 0 N–H and O–H groups in total. The van der Waals surface area contributed by atoms with E-state index in [0.29, 0.717) is 30.5 Å². The van der Waals surface area contributed by atoms with E-state index in [4.69, 9.17) is 4.74 Å². The van der Waals surface area contributed by atoms with Gasteiger partial charge in [-0.15, -0.1) is 0 Å². The zero-order valence-corrected chi connectivity index (χ0v) is 10.6. The van der Waals surface area contributed by atoms with Gasteiger partial charge in [-0.2, -0.15) is 0 Å². The Morgan fingerprint density at radius 1 is 1.16 bits per heavy atom. The van der Waals surface area contributed by atoms with Crippen LogP contribution in [0.25, 0.3) is 0 Å². The highest BCUT2D eigenvalue weighted by Gasteiger charge is 2.62. The maximum atomic E-state index is 12.2. The van der Waals surface area contributed by atoms with Crippen LogP contribution in [-0.4, -0.2) is 34.8 Å². The fraction of sp³-hybridized carbons (Fsp3) is 0.643. The maximum absolute atomic E-state index is 12.2. The molecule has 2 atom stereocenters. The summed E-state index contributed by atoms with van der Waals surface area (Å²) in [5.74, 6) is -0.688. The summed E-state index contributed by atoms with van der Waals surface area (Å²) in [5.41, 5.74) is 0.522. The first-order valence-electron chi connectivity index (χ1n) is 6.95. The number of rotatable bonds is 0. The van der Waals surface area contributed by atoms with Crippen molar-refractivity contribution in [2.45, 2.75) is 44.1 Å². The average Bonchev–Trinajstić information content (AvgIpc) is 2.84. The molecule has 1 saturated carbocycles. The Hall–Kier alpha value is -1.65. The first kappa shape index (κ1) is 11.2. The van der Waals surface area contributed by atoms with Crippen molar-refractivity contribution >= 4 is 17.8 Å². The van der Waals surface area contributed by atoms with E-state index in [1.165, 1.54) is 0 Å². The van der Waals surface area contributed by atoms with Crippen molar-refractivity contribution < 1.29 is 19.1 Å². The van der Waals surface area contributed by atoms with Gasteiger partial charge < -0.3 is 9.64 Å². The summed E-state index contributed by atoms with van der Waals surface area (Å²) in [4.78, 5) is 37.9. The smallest absolute Gasteiger partial charge is 0.344 e. The standard InChI is InChI=1S/C14H15NO4/c16-10-7-8-3-1-2-5-14(8)11-9(4-6-15(10)14)12(17)19-13(11)18/h8H,1-7H2/t8-,14-/m0/s1. The lowest BCUT2D eigenvalue weighted by molar-refractivity contribution is -0.151. The molecule has 0 aromatic heterocycles. The largest absolute Gasteiger partial charge is 0.386 e. The molecule has 4 aliphatic rings. The molecule has 1 spiro atoms. The van der Waals surface area contributed by atoms with E-state index >= 15 is 0 Å². The molecule has 19 heavy (non-hydrogen) atoms. The number of esters is 2. The van der Waals surface area contributed by atoms with Crippen LogP contribution in [-0.2, 0) is 19.1 Å². The second-order valence-corrected chi connectivity index (χ2v) is 5.90. The third-order valence-electron chi connectivity index (χ3n) is 5.20. The molecule has 1 aliphatic carbocycles. The lowest BCUT2D eigenvalue weighted by Crippen LogP contribution is -2.55. The molecule has 1 saturated heterocycles. The third kappa shape index (κ3) is 1.18. The fourth-order valence-corrected chi connectivity index (χ4v) is 4.50. The number of ether oxygens (including phenoxy) is 1. The van der Waals surface area contributed by atoms with Gasteiger partial charge in [-0.3, -0.25) is 4.79 Å². The molecule has 0 bridgehead atoms. The van der Waals surface area contributed by atoms with E-state index in [1.54, 1.807) is 0 Å². The van der Waals surface area contributed by atoms with Crippen LogP contribution in [0.15, 0.2) is 11.1 Å². The van der Waals surface area contributed by atoms with Gasteiger partial charge >= 0.3 is 11.9 Å². The van der Waals surface area contributed by atoms with Crippen molar-refractivity contribution in [3.8, 4) is 0 Å². The highest BCUT2D eigenvalue weighted by atomic mass is 16.6. The number of hydrogen-bond acceptors (Lipinski definition) is 4. The van der Waals surface area contributed by atoms with Crippen LogP contribution in [0.3, 0.4) is 0 Å². The molecular weight excluding hydrogens is 246 g/mol. The van der Waals surface area contributed by atoms with Gasteiger partial charge in [-0.1, -0.05) is 12.8 Å². The SMILES string of the molecule is O=C1OC(=O)C2=C1CCN1C(=O)C[C@@H]3CCCC[C@@]231. The van der Waals surface area contributed by atoms with Gasteiger partial charge in [0, 0.05) is 13.0 Å². The van der Waals surface area contributed by atoms with Crippen molar-refractivity contribution in [2.24, 2.45) is 5.92 Å². The molecule has 0 radical (unpaired) electrons. The quantitative estimate of drug-likeness (QED) is 0.480. The molecular formula is C14H15NO4. The Labute approximate surface area is 110 Å². The van der Waals surface area contributed by atoms with E-state index in [-0.39, 0.29) is 11.8 Å². The van der Waals surface area contributed by atoms with Crippen molar-refractivity contribution in [1.82, 2.24) is 4.90 Å². The topological polar surface area (TPSA) is 63.7 Å². The van der Waals surface area contributed by atoms with E-state index < -0.39 is 17.5 Å². The summed E-state index contributed by atoms with van der Waals surface area (Å²) >= 11 is 0. The van der Waals surface area contributed by atoms with Crippen LogP contribution in [0.2, 0.25) is 0 Å². The number of carbonyl (C=O) groups is 3. The molecule has 1 amide bonds. The minimum Gasteiger partial charge on any atom is -0.386 e. The molecule has 2 fully saturated rings. The number of hydrogen-bond donors (Lipinski definition) is 0. The zero-order valence-electron chi connectivity index (χ0n) is 10.6. The monoisotopic (exact) mass is 261 g/mol. The molecule has 5 heteroatoms. The predicted octanol–water partition coefficient (Wildman–Crippen LogP) is 0.931. The number of nitrogens with zero attached hydrogens (tertiary/aromatic N) is 1. The summed E-state index contributed by atoms with van der Waals surface area (Å²) in [6, 6.07) is 0. The predicted molar refractivity (Wildman–Crippen MR) is 63.8 cm³/mol. The Balaban J connectivity index is 1.93. The fourth-order valence-electron chi connectivity index (χ4n) is 4.50. The Morgan fingerprint density at radius 2 is 2.00 bits per heavy atom. The van der Waals surface area contributed by atoms with Crippen LogP contribution in [0.1, 0.15) is 38.5 Å². The van der Waals surface area contributed by atoms with Crippen LogP contribution in [0, 0.1) is 5.92 Å². The molecule has 0 aromatic carbocycles. The molecule has 0 aromatic rings. The average molecular weight is 261 g/mol. The molecule has 4 rings (SSSR count). The van der Waals surface area contributed by atoms with Crippen molar-refractivity contribution in [3.05, 3.63) is 11.1 Å². The summed E-state index contributed by atoms with van der Waals surface area (Å²) in [6.07, 6.45) is 4.82. The van der Waals surface area contributed by atoms with Crippen LogP contribution < -0.4 is 0 Å². The summed E-state index contributed by atoms with van der Waals surface area (Å²) in [6.45, 7) is 0.552. The summed E-state index contributed by atoms with van der Waals surface area (Å²) < 4.78 is 4.81. The van der Waals surface area contributed by atoms with E-state index in [1.807, 2.05) is 4.90 Å². The zero-order chi connectivity index (χ0) is 13.2.